The molecule has 2 aromatic heterocycles. The molecule has 4 aromatic rings. The fraction of sp³-hybridized carbons (Fsp3) is 0.217. The van der Waals surface area contributed by atoms with E-state index >= 15 is 0 Å². The smallest absolute Gasteiger partial charge is 0.322 e. The topological polar surface area (TPSA) is 90.9 Å². The largest absolute Gasteiger partial charge is 0.332 e. The van der Waals surface area contributed by atoms with E-state index in [1.54, 1.807) is 19.1 Å². The van der Waals surface area contributed by atoms with Crippen LogP contribution in [0, 0.1) is 12.7 Å². The molecule has 0 fully saturated rings. The molecular weight excluding hydrogens is 449 g/mol. The van der Waals surface area contributed by atoms with Crippen LogP contribution in [0.3, 0.4) is 0 Å². The van der Waals surface area contributed by atoms with Gasteiger partial charge >= 0.3 is 5.69 Å². The van der Waals surface area contributed by atoms with Crippen molar-refractivity contribution in [2.24, 2.45) is 0 Å². The molecule has 2 heterocycles. The van der Waals surface area contributed by atoms with Gasteiger partial charge in [-0.2, -0.15) is 5.10 Å². The number of aryl methyl sites for hydroxylation is 2. The van der Waals surface area contributed by atoms with E-state index in [9.17, 15) is 18.8 Å². The van der Waals surface area contributed by atoms with Crippen LogP contribution in [0.4, 0.5) is 10.1 Å². The normalized spacial score (nSPS) is 11.2. The summed E-state index contributed by atoms with van der Waals surface area (Å²) in [5.74, 6) is -1.33. The van der Waals surface area contributed by atoms with Crippen LogP contribution in [0.1, 0.15) is 18.2 Å². The molecule has 8 nitrogen and oxygen atoms in total. The van der Waals surface area contributed by atoms with Crippen molar-refractivity contribution in [3.05, 3.63) is 91.5 Å². The summed E-state index contributed by atoms with van der Waals surface area (Å²) in [5.41, 5.74) is 0.516. The van der Waals surface area contributed by atoms with Crippen LogP contribution in [-0.4, -0.2) is 24.8 Å². The Hall–Kier alpha value is -3.72. The lowest BCUT2D eigenvalue weighted by atomic mass is 10.2. The van der Waals surface area contributed by atoms with Crippen LogP contribution < -0.4 is 16.6 Å². The molecule has 10 heteroatoms. The Morgan fingerprint density at radius 3 is 2.48 bits per heavy atom. The molecular formula is C23H21ClFN5O3. The van der Waals surface area contributed by atoms with Crippen molar-refractivity contribution in [1.29, 1.82) is 0 Å². The van der Waals surface area contributed by atoms with Crippen molar-refractivity contribution >= 4 is 34.2 Å². The molecule has 33 heavy (non-hydrogen) atoms. The van der Waals surface area contributed by atoms with Crippen molar-refractivity contribution in [2.75, 3.05) is 5.32 Å². The fourth-order valence-electron chi connectivity index (χ4n) is 3.77. The highest BCUT2D eigenvalue weighted by Crippen LogP contribution is 2.19. The number of nitrogens with zero attached hydrogens (tertiary/aromatic N) is 4. The Bertz CT molecular complexity index is 1470. The van der Waals surface area contributed by atoms with Gasteiger partial charge in [0.15, 0.2) is 5.52 Å². The number of carbonyl (C=O) groups excluding carboxylic acids is 1. The fourth-order valence-corrected chi connectivity index (χ4v) is 3.93. The summed E-state index contributed by atoms with van der Waals surface area (Å²) < 4.78 is 17.9. The molecule has 0 bridgehead atoms. The van der Waals surface area contributed by atoms with Gasteiger partial charge in [-0.25, -0.2) is 9.18 Å². The minimum Gasteiger partial charge on any atom is -0.322 e. The number of benzene rings is 2. The molecule has 0 spiro atoms. The average Bonchev–Trinajstić information content (AvgIpc) is 3.13. The van der Waals surface area contributed by atoms with E-state index in [0.29, 0.717) is 12.2 Å². The van der Waals surface area contributed by atoms with Crippen molar-refractivity contribution in [1.82, 2.24) is 18.9 Å². The second kappa shape index (κ2) is 9.03. The third-order valence-corrected chi connectivity index (χ3v) is 5.50. The number of carbonyl (C=O) groups is 1. The minimum absolute atomic E-state index is 0.0375. The number of amides is 1. The molecule has 0 saturated heterocycles. The second-order valence-electron chi connectivity index (χ2n) is 7.52. The first-order valence-electron chi connectivity index (χ1n) is 10.3. The maximum absolute atomic E-state index is 14.1. The van der Waals surface area contributed by atoms with Crippen LogP contribution in [0.2, 0.25) is 5.02 Å². The summed E-state index contributed by atoms with van der Waals surface area (Å²) in [5, 5.41) is 7.02. The highest BCUT2D eigenvalue weighted by Gasteiger charge is 2.22. The first kappa shape index (κ1) is 22.5. The summed E-state index contributed by atoms with van der Waals surface area (Å²) in [6.45, 7) is 3.52. The number of nitrogens with one attached hydrogen (secondary N) is 1. The number of aromatic nitrogens is 4. The predicted octanol–water partition coefficient (Wildman–Crippen LogP) is 3.17. The Morgan fingerprint density at radius 1 is 1.09 bits per heavy atom. The molecule has 0 radical (unpaired) electrons. The second-order valence-corrected chi connectivity index (χ2v) is 7.95. The maximum atomic E-state index is 14.1. The average molecular weight is 470 g/mol. The van der Waals surface area contributed by atoms with Crippen LogP contribution in [0.15, 0.2) is 58.1 Å². The first-order valence-corrected chi connectivity index (χ1v) is 10.7. The Balaban J connectivity index is 1.82. The van der Waals surface area contributed by atoms with E-state index < -0.39 is 29.5 Å². The number of rotatable bonds is 6. The van der Waals surface area contributed by atoms with Gasteiger partial charge in [0.2, 0.25) is 5.91 Å². The number of fused-ring (bicyclic) bond motifs is 1. The van der Waals surface area contributed by atoms with Gasteiger partial charge < -0.3 is 5.32 Å². The summed E-state index contributed by atoms with van der Waals surface area (Å²) in [4.78, 5) is 39.4. The standard InChI is InChI=1S/C23H21ClFN5O3/c1-3-30-21-20(14(2)27-30)28(13-19(31)26-18-10-9-16(24)11-17(18)25)23(33)29(22(21)32)12-15-7-5-4-6-8-15/h4-11H,3,12-13H2,1-2H3,(H,26,31). The lowest BCUT2D eigenvalue weighted by Crippen LogP contribution is -2.42. The molecule has 4 rings (SSSR count). The Kier molecular flexibility index (Phi) is 6.15. The summed E-state index contributed by atoms with van der Waals surface area (Å²) >= 11 is 5.76. The zero-order chi connectivity index (χ0) is 23.7. The summed E-state index contributed by atoms with van der Waals surface area (Å²) in [6.07, 6.45) is 0. The molecule has 1 amide bonds. The first-order chi connectivity index (χ1) is 15.8. The van der Waals surface area contributed by atoms with Gasteiger partial charge in [-0.3, -0.25) is 23.4 Å². The number of anilines is 1. The third kappa shape index (κ3) is 4.31. The minimum atomic E-state index is -0.697. The summed E-state index contributed by atoms with van der Waals surface area (Å²) in [7, 11) is 0. The molecule has 0 aliphatic heterocycles. The zero-order valence-electron chi connectivity index (χ0n) is 18.0. The highest BCUT2D eigenvalue weighted by atomic mass is 35.5. The van der Waals surface area contributed by atoms with E-state index in [1.165, 1.54) is 21.4 Å². The molecule has 0 aliphatic rings. The van der Waals surface area contributed by atoms with E-state index in [1.807, 2.05) is 25.1 Å². The molecule has 1 N–H and O–H groups in total. The number of halogens is 2. The molecule has 0 saturated carbocycles. The van der Waals surface area contributed by atoms with Gasteiger partial charge in [-0.05, 0) is 37.6 Å². The SMILES string of the molecule is CCn1nc(C)c2c1c(=O)n(Cc1ccccc1)c(=O)n2CC(=O)Nc1ccc(Cl)cc1F. The van der Waals surface area contributed by atoms with E-state index in [-0.39, 0.29) is 28.3 Å². The Morgan fingerprint density at radius 2 is 1.82 bits per heavy atom. The van der Waals surface area contributed by atoms with Crippen LogP contribution in [0.5, 0.6) is 0 Å². The maximum Gasteiger partial charge on any atom is 0.332 e. The van der Waals surface area contributed by atoms with Gasteiger partial charge in [-0.15, -0.1) is 0 Å². The third-order valence-electron chi connectivity index (χ3n) is 5.27. The molecule has 2 aromatic carbocycles. The molecule has 0 atom stereocenters. The summed E-state index contributed by atoms with van der Waals surface area (Å²) in [6, 6.07) is 12.9. The lowest BCUT2D eigenvalue weighted by Gasteiger charge is -2.13. The van der Waals surface area contributed by atoms with Crippen LogP contribution in [-0.2, 0) is 24.4 Å². The van der Waals surface area contributed by atoms with Crippen molar-refractivity contribution in [3.63, 3.8) is 0 Å². The monoisotopic (exact) mass is 469 g/mol. The van der Waals surface area contributed by atoms with Crippen molar-refractivity contribution in [2.45, 2.75) is 33.5 Å². The van der Waals surface area contributed by atoms with Gasteiger partial charge in [0.25, 0.3) is 5.56 Å². The van der Waals surface area contributed by atoms with E-state index in [0.717, 1.165) is 16.2 Å². The van der Waals surface area contributed by atoms with Crippen LogP contribution >= 0.6 is 11.6 Å². The number of hydrogen-bond donors (Lipinski definition) is 1. The van der Waals surface area contributed by atoms with Gasteiger partial charge in [0.05, 0.1) is 17.9 Å². The quantitative estimate of drug-likeness (QED) is 0.469. The van der Waals surface area contributed by atoms with Crippen molar-refractivity contribution < 1.29 is 9.18 Å². The van der Waals surface area contributed by atoms with E-state index in [4.69, 9.17) is 11.6 Å². The Labute approximate surface area is 192 Å². The van der Waals surface area contributed by atoms with Crippen molar-refractivity contribution in [3.8, 4) is 0 Å². The van der Waals surface area contributed by atoms with E-state index in [2.05, 4.69) is 10.4 Å². The molecule has 0 aliphatic carbocycles. The van der Waals surface area contributed by atoms with Gasteiger partial charge in [0.1, 0.15) is 17.9 Å². The lowest BCUT2D eigenvalue weighted by molar-refractivity contribution is -0.116. The zero-order valence-corrected chi connectivity index (χ0v) is 18.8. The van der Waals surface area contributed by atoms with Gasteiger partial charge in [-0.1, -0.05) is 41.9 Å². The van der Waals surface area contributed by atoms with Crippen LogP contribution in [0.25, 0.3) is 11.0 Å². The predicted molar refractivity (Wildman–Crippen MR) is 124 cm³/mol. The highest BCUT2D eigenvalue weighted by molar-refractivity contribution is 6.30. The molecule has 170 valence electrons. The number of hydrogen-bond acceptors (Lipinski definition) is 4. The molecule has 0 unspecified atom stereocenters. The van der Waals surface area contributed by atoms with Gasteiger partial charge in [0, 0.05) is 11.6 Å².